The third-order valence-electron chi connectivity index (χ3n) is 2.86. The van der Waals surface area contributed by atoms with Gasteiger partial charge in [-0.1, -0.05) is 13.0 Å². The molecule has 0 saturated heterocycles. The Kier molecular flexibility index (Phi) is 4.87. The van der Waals surface area contributed by atoms with Gasteiger partial charge < -0.3 is 5.32 Å². The highest BCUT2D eigenvalue weighted by Crippen LogP contribution is 2.22. The molecule has 0 radical (unpaired) electrons. The lowest BCUT2D eigenvalue weighted by atomic mass is 10.2. The minimum absolute atomic E-state index is 0.00593. The molecule has 0 aliphatic carbocycles. The van der Waals surface area contributed by atoms with Crippen LogP contribution < -0.4 is 10.9 Å². The zero-order valence-corrected chi connectivity index (χ0v) is 12.2. The lowest BCUT2D eigenvalue weighted by molar-refractivity contribution is 0.596. The quantitative estimate of drug-likeness (QED) is 0.825. The molecule has 0 saturated carbocycles. The summed E-state index contributed by atoms with van der Waals surface area (Å²) in [5.41, 5.74) is 1.67. The van der Waals surface area contributed by atoms with Crippen LogP contribution in [0.3, 0.4) is 0 Å². The van der Waals surface area contributed by atoms with E-state index in [1.807, 2.05) is 30.5 Å². The molecule has 5 heteroatoms. The van der Waals surface area contributed by atoms with Gasteiger partial charge in [-0.25, -0.2) is 4.68 Å². The van der Waals surface area contributed by atoms with Gasteiger partial charge in [0.25, 0.3) is 5.56 Å². The average Bonchev–Trinajstić information content (AvgIpc) is 2.95. The highest BCUT2D eigenvalue weighted by atomic mass is 32.1. The summed E-state index contributed by atoms with van der Waals surface area (Å²) in [5, 5.41) is 9.71. The second-order valence-corrected chi connectivity index (χ2v) is 5.28. The highest BCUT2D eigenvalue weighted by Gasteiger charge is 2.09. The Morgan fingerprint density at radius 2 is 2.26 bits per heavy atom. The van der Waals surface area contributed by atoms with Gasteiger partial charge in [0.15, 0.2) is 0 Å². The molecule has 0 bridgehead atoms. The second-order valence-electron chi connectivity index (χ2n) is 4.33. The molecular weight excluding hydrogens is 258 g/mol. The number of nitrogens with one attached hydrogen (secondary N) is 1. The van der Waals surface area contributed by atoms with Crippen molar-refractivity contribution < 1.29 is 0 Å². The fourth-order valence-corrected chi connectivity index (χ4v) is 2.56. The van der Waals surface area contributed by atoms with Gasteiger partial charge in [-0.15, -0.1) is 11.3 Å². The van der Waals surface area contributed by atoms with Crippen LogP contribution in [0, 0.1) is 0 Å². The van der Waals surface area contributed by atoms with E-state index in [1.165, 1.54) is 4.68 Å². The van der Waals surface area contributed by atoms with Crippen molar-refractivity contribution in [2.75, 3.05) is 6.54 Å². The van der Waals surface area contributed by atoms with Crippen molar-refractivity contribution in [3.05, 3.63) is 39.5 Å². The van der Waals surface area contributed by atoms with Crippen LogP contribution >= 0.6 is 11.3 Å². The Morgan fingerprint density at radius 3 is 2.89 bits per heavy atom. The summed E-state index contributed by atoms with van der Waals surface area (Å²) in [6, 6.07) is 5.93. The van der Waals surface area contributed by atoms with Crippen LogP contribution in [0.5, 0.6) is 0 Å². The van der Waals surface area contributed by atoms with Crippen molar-refractivity contribution in [3.8, 4) is 10.6 Å². The van der Waals surface area contributed by atoms with Gasteiger partial charge >= 0.3 is 0 Å². The Labute approximate surface area is 117 Å². The van der Waals surface area contributed by atoms with Crippen molar-refractivity contribution in [1.29, 1.82) is 0 Å². The lowest BCUT2D eigenvalue weighted by Gasteiger charge is -2.08. The summed E-state index contributed by atoms with van der Waals surface area (Å²) < 4.78 is 1.54. The number of aryl methyl sites for hydroxylation is 1. The highest BCUT2D eigenvalue weighted by molar-refractivity contribution is 7.13. The minimum atomic E-state index is 0.00593. The fourth-order valence-electron chi connectivity index (χ4n) is 1.88. The molecule has 0 unspecified atom stereocenters. The summed E-state index contributed by atoms with van der Waals surface area (Å²) in [6.07, 6.45) is 1.06. The standard InChI is InChI=1S/C14H19N3OS/c1-3-7-15-10-11-9-12(13-6-5-8-19-13)16-17(4-2)14(11)18/h5-6,8-9,15H,3-4,7,10H2,1-2H3. The molecule has 2 aromatic heterocycles. The number of nitrogens with zero attached hydrogens (tertiary/aromatic N) is 2. The number of thiophene rings is 1. The predicted octanol–water partition coefficient (Wildman–Crippen LogP) is 2.49. The number of aromatic nitrogens is 2. The Morgan fingerprint density at radius 1 is 1.42 bits per heavy atom. The molecule has 0 aromatic carbocycles. The van der Waals surface area contributed by atoms with E-state index in [2.05, 4.69) is 17.3 Å². The SMILES string of the molecule is CCCNCc1cc(-c2cccs2)nn(CC)c1=O. The lowest BCUT2D eigenvalue weighted by Crippen LogP contribution is -2.29. The van der Waals surface area contributed by atoms with E-state index >= 15 is 0 Å². The molecule has 4 nitrogen and oxygen atoms in total. The molecule has 0 fully saturated rings. The largest absolute Gasteiger partial charge is 0.312 e. The molecule has 0 aliphatic heterocycles. The van der Waals surface area contributed by atoms with Gasteiger partial charge in [-0.2, -0.15) is 5.10 Å². The third kappa shape index (κ3) is 3.30. The molecular formula is C14H19N3OS. The van der Waals surface area contributed by atoms with E-state index in [-0.39, 0.29) is 5.56 Å². The van der Waals surface area contributed by atoms with Gasteiger partial charge in [0, 0.05) is 18.7 Å². The number of rotatable bonds is 6. The van der Waals surface area contributed by atoms with Crippen molar-refractivity contribution >= 4 is 11.3 Å². The Bertz CT molecular complexity index is 575. The monoisotopic (exact) mass is 277 g/mol. The van der Waals surface area contributed by atoms with E-state index in [0.29, 0.717) is 13.1 Å². The average molecular weight is 277 g/mol. The Hall–Kier alpha value is -1.46. The summed E-state index contributed by atoms with van der Waals surface area (Å²) in [4.78, 5) is 13.3. The normalized spacial score (nSPS) is 10.8. The smallest absolute Gasteiger partial charge is 0.271 e. The first kappa shape index (κ1) is 14.0. The van der Waals surface area contributed by atoms with Gasteiger partial charge in [0.05, 0.1) is 4.88 Å². The summed E-state index contributed by atoms with van der Waals surface area (Å²) in [6.45, 7) is 6.17. The van der Waals surface area contributed by atoms with Gasteiger partial charge in [0.2, 0.25) is 0 Å². The molecule has 19 heavy (non-hydrogen) atoms. The molecule has 102 valence electrons. The van der Waals surface area contributed by atoms with Crippen molar-refractivity contribution in [1.82, 2.24) is 15.1 Å². The Balaban J connectivity index is 2.36. The van der Waals surface area contributed by atoms with Gasteiger partial charge in [-0.05, 0) is 37.4 Å². The number of hydrogen-bond acceptors (Lipinski definition) is 4. The van der Waals surface area contributed by atoms with Crippen LogP contribution in [-0.2, 0) is 13.1 Å². The minimum Gasteiger partial charge on any atom is -0.312 e. The van der Waals surface area contributed by atoms with E-state index in [4.69, 9.17) is 0 Å². The third-order valence-corrected chi connectivity index (χ3v) is 3.76. The molecule has 1 N–H and O–H groups in total. The van der Waals surface area contributed by atoms with Crippen LogP contribution in [0.4, 0.5) is 0 Å². The predicted molar refractivity (Wildman–Crippen MR) is 79.5 cm³/mol. The van der Waals surface area contributed by atoms with E-state index in [9.17, 15) is 4.79 Å². The molecule has 0 aliphatic rings. The molecule has 2 aromatic rings. The first-order valence-corrected chi connectivity index (χ1v) is 7.49. The van der Waals surface area contributed by atoms with E-state index < -0.39 is 0 Å². The molecule has 0 atom stereocenters. The van der Waals surface area contributed by atoms with Gasteiger partial charge in [-0.3, -0.25) is 4.79 Å². The van der Waals surface area contributed by atoms with Crippen molar-refractivity contribution in [2.24, 2.45) is 0 Å². The number of hydrogen-bond donors (Lipinski definition) is 1. The fraction of sp³-hybridized carbons (Fsp3) is 0.429. The molecule has 0 amide bonds. The van der Waals surface area contributed by atoms with Crippen LogP contribution in [0.25, 0.3) is 10.6 Å². The topological polar surface area (TPSA) is 46.9 Å². The zero-order chi connectivity index (χ0) is 13.7. The van der Waals surface area contributed by atoms with E-state index in [1.54, 1.807) is 11.3 Å². The summed E-state index contributed by atoms with van der Waals surface area (Å²) in [7, 11) is 0. The summed E-state index contributed by atoms with van der Waals surface area (Å²) >= 11 is 1.64. The maximum atomic E-state index is 12.2. The van der Waals surface area contributed by atoms with Crippen molar-refractivity contribution in [3.63, 3.8) is 0 Å². The van der Waals surface area contributed by atoms with Crippen LogP contribution in [-0.4, -0.2) is 16.3 Å². The molecule has 2 rings (SSSR count). The maximum absolute atomic E-state index is 12.2. The van der Waals surface area contributed by atoms with Crippen LogP contribution in [0.15, 0.2) is 28.4 Å². The van der Waals surface area contributed by atoms with Crippen molar-refractivity contribution in [2.45, 2.75) is 33.4 Å². The second kappa shape index (κ2) is 6.63. The zero-order valence-electron chi connectivity index (χ0n) is 11.3. The first-order chi connectivity index (χ1) is 9.26. The summed E-state index contributed by atoms with van der Waals surface area (Å²) in [5.74, 6) is 0. The van der Waals surface area contributed by atoms with Gasteiger partial charge in [0.1, 0.15) is 5.69 Å². The molecule has 0 spiro atoms. The molecule has 2 heterocycles. The van der Waals surface area contributed by atoms with Crippen LogP contribution in [0.2, 0.25) is 0 Å². The first-order valence-electron chi connectivity index (χ1n) is 6.61. The van der Waals surface area contributed by atoms with Crippen LogP contribution in [0.1, 0.15) is 25.8 Å². The maximum Gasteiger partial charge on any atom is 0.271 e. The van der Waals surface area contributed by atoms with E-state index in [0.717, 1.165) is 29.1 Å².